The van der Waals surface area contributed by atoms with Crippen LogP contribution >= 0.6 is 0 Å². The van der Waals surface area contributed by atoms with Crippen LogP contribution in [0, 0.1) is 12.8 Å². The molecule has 0 spiro atoms. The molecular weight excluding hydrogens is 288 g/mol. The Kier molecular flexibility index (Phi) is 3.60. The van der Waals surface area contributed by atoms with Gasteiger partial charge in [-0.2, -0.15) is 0 Å². The molecule has 0 radical (unpaired) electrons. The van der Waals surface area contributed by atoms with E-state index in [1.165, 1.54) is 12.8 Å². The van der Waals surface area contributed by atoms with Crippen molar-refractivity contribution < 1.29 is 4.79 Å². The number of aromatic nitrogens is 2. The first-order chi connectivity index (χ1) is 11.1. The molecule has 3 fully saturated rings. The van der Waals surface area contributed by atoms with Crippen molar-refractivity contribution in [3.8, 4) is 0 Å². The molecule has 1 unspecified atom stereocenters. The molecule has 1 aromatic heterocycles. The van der Waals surface area contributed by atoms with Crippen LogP contribution in [-0.2, 0) is 18.4 Å². The van der Waals surface area contributed by atoms with Crippen LogP contribution in [0.15, 0.2) is 18.2 Å². The van der Waals surface area contributed by atoms with Crippen molar-refractivity contribution in [3.05, 3.63) is 29.6 Å². The third kappa shape index (κ3) is 2.63. The van der Waals surface area contributed by atoms with E-state index in [2.05, 4.69) is 38.0 Å². The molecule has 2 aromatic rings. The lowest BCUT2D eigenvalue weighted by molar-refractivity contribution is -0.130. The SMILES string of the molecule is Cc1nc2cc(CNC(=O)C3CC4CCN3CC4)ccc2n1C. The molecule has 0 aliphatic carbocycles. The number of nitrogens with one attached hydrogen (secondary N) is 1. The highest BCUT2D eigenvalue weighted by atomic mass is 16.2. The molecule has 122 valence electrons. The van der Waals surface area contributed by atoms with E-state index in [4.69, 9.17) is 0 Å². The molecule has 2 bridgehead atoms. The minimum atomic E-state index is 0.0864. The molecule has 3 aliphatic heterocycles. The number of carbonyl (C=O) groups excluding carboxylic acids is 1. The first-order valence-corrected chi connectivity index (χ1v) is 8.55. The minimum Gasteiger partial charge on any atom is -0.351 e. The Hall–Kier alpha value is -1.88. The lowest BCUT2D eigenvalue weighted by Gasteiger charge is -2.44. The standard InChI is InChI=1S/C18H24N4O/c1-12-20-15-9-14(3-4-16(15)21(12)2)11-19-18(23)17-10-13-5-7-22(17)8-6-13/h3-4,9,13,17H,5-8,10-11H2,1-2H3,(H,19,23). The molecule has 5 heteroatoms. The fraction of sp³-hybridized carbons (Fsp3) is 0.556. The second kappa shape index (κ2) is 5.64. The van der Waals surface area contributed by atoms with Gasteiger partial charge in [-0.05, 0) is 62.9 Å². The van der Waals surface area contributed by atoms with Crippen LogP contribution in [0.4, 0.5) is 0 Å². The first-order valence-electron chi connectivity index (χ1n) is 8.55. The molecule has 1 amide bonds. The summed E-state index contributed by atoms with van der Waals surface area (Å²) in [6.45, 7) is 4.76. The number of benzene rings is 1. The molecule has 5 nitrogen and oxygen atoms in total. The number of amides is 1. The number of hydrogen-bond donors (Lipinski definition) is 1. The molecule has 23 heavy (non-hydrogen) atoms. The fourth-order valence-corrected chi connectivity index (χ4v) is 4.02. The van der Waals surface area contributed by atoms with Crippen LogP contribution in [0.5, 0.6) is 0 Å². The van der Waals surface area contributed by atoms with Crippen LogP contribution in [0.25, 0.3) is 11.0 Å². The van der Waals surface area contributed by atoms with Gasteiger partial charge in [0.05, 0.1) is 17.1 Å². The third-order valence-electron chi connectivity index (χ3n) is 5.58. The average Bonchev–Trinajstić information content (AvgIpc) is 2.87. The monoisotopic (exact) mass is 312 g/mol. The van der Waals surface area contributed by atoms with Crippen molar-refractivity contribution in [2.45, 2.75) is 38.8 Å². The van der Waals surface area contributed by atoms with Gasteiger partial charge >= 0.3 is 0 Å². The van der Waals surface area contributed by atoms with E-state index in [1.54, 1.807) is 0 Å². The number of carbonyl (C=O) groups is 1. The predicted molar refractivity (Wildman–Crippen MR) is 90.0 cm³/mol. The largest absolute Gasteiger partial charge is 0.351 e. The van der Waals surface area contributed by atoms with E-state index in [1.807, 2.05) is 14.0 Å². The number of imidazole rings is 1. The number of piperidine rings is 3. The van der Waals surface area contributed by atoms with Gasteiger partial charge in [0, 0.05) is 13.6 Å². The van der Waals surface area contributed by atoms with Crippen LogP contribution in [0.2, 0.25) is 0 Å². The molecule has 0 saturated carbocycles. The van der Waals surface area contributed by atoms with Crippen molar-refractivity contribution in [3.63, 3.8) is 0 Å². The maximum absolute atomic E-state index is 12.5. The van der Waals surface area contributed by atoms with E-state index in [0.29, 0.717) is 6.54 Å². The Morgan fingerprint density at radius 3 is 2.83 bits per heavy atom. The van der Waals surface area contributed by atoms with Gasteiger partial charge in [-0.1, -0.05) is 6.07 Å². The molecular formula is C18H24N4O. The smallest absolute Gasteiger partial charge is 0.237 e. The summed E-state index contributed by atoms with van der Waals surface area (Å²) in [7, 11) is 2.03. The summed E-state index contributed by atoms with van der Waals surface area (Å²) in [6, 6.07) is 6.33. The van der Waals surface area contributed by atoms with Crippen LogP contribution < -0.4 is 5.32 Å². The summed E-state index contributed by atoms with van der Waals surface area (Å²) in [5.41, 5.74) is 3.24. The third-order valence-corrected chi connectivity index (χ3v) is 5.58. The summed E-state index contributed by atoms with van der Waals surface area (Å²) in [4.78, 5) is 19.4. The zero-order valence-electron chi connectivity index (χ0n) is 13.9. The fourth-order valence-electron chi connectivity index (χ4n) is 4.02. The summed E-state index contributed by atoms with van der Waals surface area (Å²) in [5, 5.41) is 3.12. The number of aryl methyl sites for hydroxylation is 2. The van der Waals surface area contributed by atoms with Crippen molar-refractivity contribution in [1.82, 2.24) is 19.8 Å². The Morgan fingerprint density at radius 1 is 1.35 bits per heavy atom. The number of nitrogens with zero attached hydrogens (tertiary/aromatic N) is 3. The lowest BCUT2D eigenvalue weighted by Crippen LogP contribution is -2.55. The molecule has 5 rings (SSSR count). The van der Waals surface area contributed by atoms with Crippen LogP contribution in [-0.4, -0.2) is 39.5 Å². The van der Waals surface area contributed by atoms with Crippen molar-refractivity contribution in [2.75, 3.05) is 13.1 Å². The molecule has 1 aromatic carbocycles. The van der Waals surface area contributed by atoms with Crippen molar-refractivity contribution >= 4 is 16.9 Å². The van der Waals surface area contributed by atoms with Gasteiger partial charge in [0.2, 0.25) is 5.91 Å². The van der Waals surface area contributed by atoms with E-state index >= 15 is 0 Å². The van der Waals surface area contributed by atoms with Gasteiger partial charge < -0.3 is 9.88 Å². The van der Waals surface area contributed by atoms with Gasteiger partial charge in [-0.15, -0.1) is 0 Å². The Balaban J connectivity index is 1.43. The first kappa shape index (κ1) is 14.7. The molecule has 3 saturated heterocycles. The zero-order chi connectivity index (χ0) is 16.0. The average molecular weight is 312 g/mol. The predicted octanol–water partition coefficient (Wildman–Crippen LogP) is 1.98. The van der Waals surface area contributed by atoms with E-state index in [-0.39, 0.29) is 11.9 Å². The maximum atomic E-state index is 12.5. The normalized spacial score (nSPS) is 26.6. The summed E-state index contributed by atoms with van der Waals surface area (Å²) in [6.07, 6.45) is 3.56. The summed E-state index contributed by atoms with van der Waals surface area (Å²) >= 11 is 0. The van der Waals surface area contributed by atoms with Crippen molar-refractivity contribution in [2.24, 2.45) is 13.0 Å². The van der Waals surface area contributed by atoms with E-state index < -0.39 is 0 Å². The Labute approximate surface area is 136 Å². The van der Waals surface area contributed by atoms with Gasteiger partial charge in [0.25, 0.3) is 0 Å². The lowest BCUT2D eigenvalue weighted by atomic mass is 9.83. The topological polar surface area (TPSA) is 50.2 Å². The zero-order valence-corrected chi connectivity index (χ0v) is 13.9. The number of hydrogen-bond acceptors (Lipinski definition) is 3. The second-order valence-electron chi connectivity index (χ2n) is 6.99. The van der Waals surface area contributed by atoms with Crippen LogP contribution in [0.3, 0.4) is 0 Å². The summed E-state index contributed by atoms with van der Waals surface area (Å²) in [5.74, 6) is 1.95. The summed E-state index contributed by atoms with van der Waals surface area (Å²) < 4.78 is 2.09. The molecule has 1 N–H and O–H groups in total. The molecule has 1 atom stereocenters. The number of fused-ring (bicyclic) bond motifs is 4. The quantitative estimate of drug-likeness (QED) is 0.943. The van der Waals surface area contributed by atoms with Gasteiger partial charge in [-0.3, -0.25) is 9.69 Å². The van der Waals surface area contributed by atoms with Gasteiger partial charge in [0.15, 0.2) is 0 Å². The van der Waals surface area contributed by atoms with Gasteiger partial charge in [0.1, 0.15) is 5.82 Å². The minimum absolute atomic E-state index is 0.0864. The van der Waals surface area contributed by atoms with Gasteiger partial charge in [-0.25, -0.2) is 4.98 Å². The highest BCUT2D eigenvalue weighted by molar-refractivity contribution is 5.82. The van der Waals surface area contributed by atoms with Crippen LogP contribution in [0.1, 0.15) is 30.7 Å². The molecule has 4 heterocycles. The second-order valence-corrected chi connectivity index (χ2v) is 6.99. The number of rotatable bonds is 3. The highest BCUT2D eigenvalue weighted by Gasteiger charge is 2.37. The van der Waals surface area contributed by atoms with E-state index in [0.717, 1.165) is 47.8 Å². The Bertz CT molecular complexity index is 743. The van der Waals surface area contributed by atoms with Crippen molar-refractivity contribution in [1.29, 1.82) is 0 Å². The molecule has 3 aliphatic rings. The Morgan fingerprint density at radius 2 is 2.13 bits per heavy atom. The van der Waals surface area contributed by atoms with E-state index in [9.17, 15) is 4.79 Å². The highest BCUT2D eigenvalue weighted by Crippen LogP contribution is 2.31. The maximum Gasteiger partial charge on any atom is 0.237 e.